The third-order valence-corrected chi connectivity index (χ3v) is 4.39. The van der Waals surface area contributed by atoms with Gasteiger partial charge in [-0.3, -0.25) is 4.79 Å². The lowest BCUT2D eigenvalue weighted by atomic mass is 9.79. The number of amides is 1. The lowest BCUT2D eigenvalue weighted by molar-refractivity contribution is -0.115. The van der Waals surface area contributed by atoms with Crippen molar-refractivity contribution in [1.29, 1.82) is 0 Å². The van der Waals surface area contributed by atoms with Crippen LogP contribution in [0.1, 0.15) is 42.9 Å². The molecule has 1 amide bonds. The molecular formula is C14H17ClN2O. The van der Waals surface area contributed by atoms with E-state index in [-0.39, 0.29) is 11.9 Å². The van der Waals surface area contributed by atoms with Crippen LogP contribution in [0, 0.1) is 5.92 Å². The number of hydrogen-bond acceptors (Lipinski definition) is 2. The second-order valence-electron chi connectivity index (χ2n) is 5.39. The molecule has 1 heterocycles. The highest BCUT2D eigenvalue weighted by Crippen LogP contribution is 2.38. The minimum absolute atomic E-state index is 0.0104. The molecule has 1 fully saturated rings. The third-order valence-electron chi connectivity index (χ3n) is 4.06. The molecule has 3 nitrogen and oxygen atoms in total. The highest BCUT2D eigenvalue weighted by molar-refractivity contribution is 6.32. The van der Waals surface area contributed by atoms with Crippen LogP contribution in [0.3, 0.4) is 0 Å². The zero-order valence-corrected chi connectivity index (χ0v) is 11.0. The molecule has 1 aliphatic carbocycles. The van der Waals surface area contributed by atoms with E-state index in [1.807, 2.05) is 12.1 Å². The van der Waals surface area contributed by atoms with Gasteiger partial charge in [0.15, 0.2) is 0 Å². The number of carbonyl (C=O) groups excluding carboxylic acids is 1. The van der Waals surface area contributed by atoms with Crippen molar-refractivity contribution in [2.24, 2.45) is 11.7 Å². The summed E-state index contributed by atoms with van der Waals surface area (Å²) in [6.07, 6.45) is 5.34. The van der Waals surface area contributed by atoms with Crippen LogP contribution >= 0.6 is 11.6 Å². The van der Waals surface area contributed by atoms with E-state index in [0.29, 0.717) is 11.4 Å². The summed E-state index contributed by atoms with van der Waals surface area (Å²) in [5, 5.41) is 3.47. The Morgan fingerprint density at radius 1 is 1.44 bits per heavy atom. The van der Waals surface area contributed by atoms with E-state index < -0.39 is 0 Å². The molecule has 1 saturated carbocycles. The van der Waals surface area contributed by atoms with E-state index in [1.54, 1.807) is 0 Å². The number of halogens is 1. The summed E-state index contributed by atoms with van der Waals surface area (Å²) in [6, 6.07) is 3.82. The molecule has 0 saturated heterocycles. The second kappa shape index (κ2) is 4.56. The van der Waals surface area contributed by atoms with Crippen molar-refractivity contribution in [2.75, 3.05) is 5.32 Å². The summed E-state index contributed by atoms with van der Waals surface area (Å²) in [4.78, 5) is 11.3. The van der Waals surface area contributed by atoms with Crippen LogP contribution in [0.15, 0.2) is 12.1 Å². The lowest BCUT2D eigenvalue weighted by Gasteiger charge is -2.28. The summed E-state index contributed by atoms with van der Waals surface area (Å²) in [7, 11) is 0. The first-order valence-electron chi connectivity index (χ1n) is 6.51. The number of anilines is 1. The largest absolute Gasteiger partial charge is 0.325 e. The summed E-state index contributed by atoms with van der Waals surface area (Å²) in [5.41, 5.74) is 9.08. The summed E-state index contributed by atoms with van der Waals surface area (Å²) in [5.74, 6) is 0.787. The Hall–Kier alpha value is -1.06. The van der Waals surface area contributed by atoms with E-state index in [2.05, 4.69) is 5.32 Å². The molecule has 3 rings (SSSR count). The number of nitrogens with one attached hydrogen (secondary N) is 1. The maximum Gasteiger partial charge on any atom is 0.228 e. The zero-order chi connectivity index (χ0) is 12.7. The SMILES string of the molecule is NC(CC1CCC1)c1cc2c(cc1Cl)NC(=O)C2. The maximum atomic E-state index is 11.3. The van der Waals surface area contributed by atoms with Crippen molar-refractivity contribution < 1.29 is 4.79 Å². The predicted octanol–water partition coefficient (Wildman–Crippen LogP) is 3.02. The van der Waals surface area contributed by atoms with Crippen molar-refractivity contribution in [1.82, 2.24) is 0 Å². The summed E-state index contributed by atoms with van der Waals surface area (Å²) in [6.45, 7) is 0. The molecule has 0 bridgehead atoms. The van der Waals surface area contributed by atoms with Gasteiger partial charge >= 0.3 is 0 Å². The normalized spacial score (nSPS) is 20.2. The van der Waals surface area contributed by atoms with Crippen molar-refractivity contribution in [2.45, 2.75) is 38.1 Å². The van der Waals surface area contributed by atoms with Gasteiger partial charge in [0.2, 0.25) is 5.91 Å². The fourth-order valence-corrected chi connectivity index (χ4v) is 3.07. The minimum atomic E-state index is -0.0104. The molecule has 96 valence electrons. The number of rotatable bonds is 3. The number of nitrogens with two attached hydrogens (primary N) is 1. The van der Waals surface area contributed by atoms with Gasteiger partial charge in [0.05, 0.1) is 6.42 Å². The highest BCUT2D eigenvalue weighted by Gasteiger charge is 2.25. The molecule has 3 N–H and O–H groups in total. The van der Waals surface area contributed by atoms with Crippen molar-refractivity contribution >= 4 is 23.2 Å². The Morgan fingerprint density at radius 2 is 2.22 bits per heavy atom. The van der Waals surface area contributed by atoms with Gasteiger partial charge in [-0.2, -0.15) is 0 Å². The van der Waals surface area contributed by atoms with Gasteiger partial charge in [-0.1, -0.05) is 36.9 Å². The van der Waals surface area contributed by atoms with E-state index in [1.165, 1.54) is 19.3 Å². The number of carbonyl (C=O) groups is 1. The Bertz CT molecular complexity index is 497. The van der Waals surface area contributed by atoms with Crippen LogP contribution in [-0.4, -0.2) is 5.91 Å². The molecule has 2 aliphatic rings. The Kier molecular flexibility index (Phi) is 3.04. The molecule has 0 radical (unpaired) electrons. The van der Waals surface area contributed by atoms with Gasteiger partial charge in [0.25, 0.3) is 0 Å². The summed E-state index contributed by atoms with van der Waals surface area (Å²) < 4.78 is 0. The first-order valence-corrected chi connectivity index (χ1v) is 6.89. The van der Waals surface area contributed by atoms with Crippen LogP contribution in [0.5, 0.6) is 0 Å². The van der Waals surface area contributed by atoms with Gasteiger partial charge in [0, 0.05) is 16.8 Å². The lowest BCUT2D eigenvalue weighted by Crippen LogP contribution is -2.20. The van der Waals surface area contributed by atoms with Crippen molar-refractivity contribution in [3.8, 4) is 0 Å². The first kappa shape index (κ1) is 12.0. The molecule has 0 spiro atoms. The first-order chi connectivity index (χ1) is 8.63. The van der Waals surface area contributed by atoms with Crippen molar-refractivity contribution in [3.63, 3.8) is 0 Å². The number of hydrogen-bond donors (Lipinski definition) is 2. The van der Waals surface area contributed by atoms with Crippen molar-refractivity contribution in [3.05, 3.63) is 28.3 Å². The predicted molar refractivity (Wildman–Crippen MR) is 72.7 cm³/mol. The molecule has 18 heavy (non-hydrogen) atoms. The number of fused-ring (bicyclic) bond motifs is 1. The standard InChI is InChI=1S/C14H17ClN2O/c15-11-7-13-9(6-14(18)17-13)5-10(11)12(16)4-8-2-1-3-8/h5,7-8,12H,1-4,6,16H2,(H,17,18). The molecule has 1 aromatic rings. The average Bonchev–Trinajstić information content (AvgIpc) is 2.61. The van der Waals surface area contributed by atoms with Gasteiger partial charge in [-0.15, -0.1) is 0 Å². The van der Waals surface area contributed by atoms with E-state index >= 15 is 0 Å². The van der Waals surface area contributed by atoms with Crippen LogP contribution in [-0.2, 0) is 11.2 Å². The average molecular weight is 265 g/mol. The molecule has 1 aliphatic heterocycles. The molecule has 1 unspecified atom stereocenters. The monoisotopic (exact) mass is 264 g/mol. The van der Waals surface area contributed by atoms with Crippen LogP contribution < -0.4 is 11.1 Å². The number of benzene rings is 1. The highest BCUT2D eigenvalue weighted by atomic mass is 35.5. The zero-order valence-electron chi connectivity index (χ0n) is 10.2. The Balaban J connectivity index is 1.83. The van der Waals surface area contributed by atoms with E-state index in [9.17, 15) is 4.79 Å². The van der Waals surface area contributed by atoms with Gasteiger partial charge in [0.1, 0.15) is 0 Å². The quantitative estimate of drug-likeness (QED) is 0.882. The smallest absolute Gasteiger partial charge is 0.228 e. The van der Waals surface area contributed by atoms with E-state index in [0.717, 1.165) is 29.2 Å². The van der Waals surface area contributed by atoms with Gasteiger partial charge < -0.3 is 11.1 Å². The maximum absolute atomic E-state index is 11.3. The molecule has 1 atom stereocenters. The second-order valence-corrected chi connectivity index (χ2v) is 5.80. The molecular weight excluding hydrogens is 248 g/mol. The Morgan fingerprint density at radius 3 is 2.89 bits per heavy atom. The van der Waals surface area contributed by atoms with Crippen LogP contribution in [0.2, 0.25) is 5.02 Å². The van der Waals surface area contributed by atoms with E-state index in [4.69, 9.17) is 17.3 Å². The minimum Gasteiger partial charge on any atom is -0.325 e. The van der Waals surface area contributed by atoms with Gasteiger partial charge in [-0.05, 0) is 29.5 Å². The van der Waals surface area contributed by atoms with Crippen LogP contribution in [0.25, 0.3) is 0 Å². The summed E-state index contributed by atoms with van der Waals surface area (Å²) >= 11 is 6.26. The van der Waals surface area contributed by atoms with Crippen LogP contribution in [0.4, 0.5) is 5.69 Å². The fourth-order valence-electron chi connectivity index (χ4n) is 2.77. The fraction of sp³-hybridized carbons (Fsp3) is 0.500. The molecule has 0 aromatic heterocycles. The van der Waals surface area contributed by atoms with Gasteiger partial charge in [-0.25, -0.2) is 0 Å². The topological polar surface area (TPSA) is 55.1 Å². The molecule has 4 heteroatoms. The molecule has 1 aromatic carbocycles. The third kappa shape index (κ3) is 2.13. The Labute approximate surface area is 112 Å².